The van der Waals surface area contributed by atoms with Gasteiger partial charge in [0.15, 0.2) is 0 Å². The first-order chi connectivity index (χ1) is 8.93. The first kappa shape index (κ1) is 15.2. The molecule has 1 rings (SSSR count). The first-order valence-corrected chi connectivity index (χ1v) is 6.26. The lowest BCUT2D eigenvalue weighted by Gasteiger charge is -2.20. The summed E-state index contributed by atoms with van der Waals surface area (Å²) in [6.45, 7) is 4.41. The van der Waals surface area contributed by atoms with Crippen molar-refractivity contribution in [1.82, 2.24) is 10.2 Å². The van der Waals surface area contributed by atoms with E-state index < -0.39 is 0 Å². The van der Waals surface area contributed by atoms with Crippen LogP contribution in [-0.4, -0.2) is 43.4 Å². The monoisotopic (exact) mass is 263 g/mol. The minimum atomic E-state index is -0.141. The van der Waals surface area contributed by atoms with E-state index in [0.717, 1.165) is 0 Å². The lowest BCUT2D eigenvalue weighted by Crippen LogP contribution is -2.34. The van der Waals surface area contributed by atoms with Gasteiger partial charge in [-0.25, -0.2) is 0 Å². The molecule has 2 N–H and O–H groups in total. The molecule has 0 saturated carbocycles. The van der Waals surface area contributed by atoms with Crippen LogP contribution in [0, 0.1) is 0 Å². The van der Waals surface area contributed by atoms with Gasteiger partial charge in [-0.05, 0) is 45.2 Å². The van der Waals surface area contributed by atoms with Gasteiger partial charge in [0.2, 0.25) is 5.91 Å². The molecule has 5 nitrogen and oxygen atoms in total. The van der Waals surface area contributed by atoms with E-state index in [4.69, 9.17) is 0 Å². The van der Waals surface area contributed by atoms with Crippen LogP contribution in [0.2, 0.25) is 0 Å². The predicted octanol–water partition coefficient (Wildman–Crippen LogP) is 1.32. The predicted molar refractivity (Wildman–Crippen MR) is 76.2 cm³/mol. The normalized spacial score (nSPS) is 10.6. The van der Waals surface area contributed by atoms with Crippen LogP contribution in [0.15, 0.2) is 24.3 Å². The molecule has 19 heavy (non-hydrogen) atoms. The maximum Gasteiger partial charge on any atom is 0.251 e. The van der Waals surface area contributed by atoms with Crippen molar-refractivity contribution in [2.24, 2.45) is 0 Å². The Balaban J connectivity index is 2.58. The van der Waals surface area contributed by atoms with E-state index in [1.165, 1.54) is 0 Å². The Bertz CT molecular complexity index is 441. The molecule has 1 aromatic rings. The van der Waals surface area contributed by atoms with Gasteiger partial charge in [0.25, 0.3) is 5.91 Å². The number of nitrogens with zero attached hydrogens (tertiary/aromatic N) is 1. The number of rotatable bonds is 5. The molecule has 0 fully saturated rings. The Morgan fingerprint density at radius 3 is 2.26 bits per heavy atom. The standard InChI is InChI=1S/C14H21N3O2/c1-10(2)17(4)9-13(18)16-12-7-5-11(6-8-12)14(19)15-3/h5-8,10H,9H2,1-4H3,(H,15,19)(H,16,18). The van der Waals surface area contributed by atoms with Crippen molar-refractivity contribution in [3.05, 3.63) is 29.8 Å². The van der Waals surface area contributed by atoms with Gasteiger partial charge in [0, 0.05) is 24.3 Å². The number of hydrogen-bond acceptors (Lipinski definition) is 3. The average Bonchev–Trinajstić information content (AvgIpc) is 2.38. The van der Waals surface area contributed by atoms with Crippen LogP contribution in [0.1, 0.15) is 24.2 Å². The average molecular weight is 263 g/mol. The highest BCUT2D eigenvalue weighted by Gasteiger charge is 2.09. The zero-order valence-electron chi connectivity index (χ0n) is 11.9. The quantitative estimate of drug-likeness (QED) is 0.842. The van der Waals surface area contributed by atoms with Gasteiger partial charge in [0.1, 0.15) is 0 Å². The molecule has 0 spiro atoms. The Hall–Kier alpha value is -1.88. The van der Waals surface area contributed by atoms with Crippen molar-refractivity contribution in [3.63, 3.8) is 0 Å². The summed E-state index contributed by atoms with van der Waals surface area (Å²) < 4.78 is 0. The molecule has 0 aliphatic carbocycles. The fraction of sp³-hybridized carbons (Fsp3) is 0.429. The largest absolute Gasteiger partial charge is 0.355 e. The fourth-order valence-corrected chi connectivity index (χ4v) is 1.46. The van der Waals surface area contributed by atoms with Crippen molar-refractivity contribution in [2.45, 2.75) is 19.9 Å². The van der Waals surface area contributed by atoms with Crippen molar-refractivity contribution >= 4 is 17.5 Å². The Morgan fingerprint density at radius 1 is 1.21 bits per heavy atom. The van der Waals surface area contributed by atoms with Gasteiger partial charge in [-0.1, -0.05) is 0 Å². The number of anilines is 1. The minimum Gasteiger partial charge on any atom is -0.355 e. The van der Waals surface area contributed by atoms with Crippen LogP contribution in [0.3, 0.4) is 0 Å². The molecule has 0 aliphatic heterocycles. The number of amides is 2. The fourth-order valence-electron chi connectivity index (χ4n) is 1.46. The summed E-state index contributed by atoms with van der Waals surface area (Å²) in [5, 5.41) is 5.35. The number of carbonyl (C=O) groups is 2. The molecule has 5 heteroatoms. The lowest BCUT2D eigenvalue weighted by molar-refractivity contribution is -0.117. The minimum absolute atomic E-state index is 0.0658. The van der Waals surface area contributed by atoms with Gasteiger partial charge < -0.3 is 10.6 Å². The zero-order chi connectivity index (χ0) is 14.4. The maximum absolute atomic E-state index is 11.8. The molecule has 0 unspecified atom stereocenters. The summed E-state index contributed by atoms with van der Waals surface area (Å²) in [5.41, 5.74) is 1.26. The highest BCUT2D eigenvalue weighted by molar-refractivity contribution is 5.96. The van der Waals surface area contributed by atoms with Crippen LogP contribution in [0.25, 0.3) is 0 Å². The first-order valence-electron chi connectivity index (χ1n) is 6.26. The smallest absolute Gasteiger partial charge is 0.251 e. The Kier molecular flexibility index (Phi) is 5.51. The summed E-state index contributed by atoms with van der Waals surface area (Å²) in [5.74, 6) is -0.207. The van der Waals surface area contributed by atoms with Crippen LogP contribution < -0.4 is 10.6 Å². The zero-order valence-corrected chi connectivity index (χ0v) is 11.9. The summed E-state index contributed by atoms with van der Waals surface area (Å²) in [6.07, 6.45) is 0. The van der Waals surface area contributed by atoms with Crippen molar-refractivity contribution in [1.29, 1.82) is 0 Å². The molecule has 0 aromatic heterocycles. The van der Waals surface area contributed by atoms with E-state index in [9.17, 15) is 9.59 Å². The summed E-state index contributed by atoms with van der Waals surface area (Å²) in [4.78, 5) is 25.1. The number of likely N-dealkylation sites (N-methyl/N-ethyl adjacent to an activating group) is 1. The molecule has 0 atom stereocenters. The molecular weight excluding hydrogens is 242 g/mol. The SMILES string of the molecule is CNC(=O)c1ccc(NC(=O)CN(C)C(C)C)cc1. The van der Waals surface area contributed by atoms with E-state index in [1.807, 2.05) is 25.8 Å². The second-order valence-electron chi connectivity index (χ2n) is 4.71. The third kappa shape index (κ3) is 4.71. The summed E-state index contributed by atoms with van der Waals surface area (Å²) in [7, 11) is 3.48. The van der Waals surface area contributed by atoms with Crippen LogP contribution in [0.5, 0.6) is 0 Å². The maximum atomic E-state index is 11.8. The lowest BCUT2D eigenvalue weighted by atomic mass is 10.2. The molecule has 0 saturated heterocycles. The summed E-state index contributed by atoms with van der Waals surface area (Å²) in [6, 6.07) is 7.12. The number of hydrogen-bond donors (Lipinski definition) is 2. The van der Waals surface area contributed by atoms with E-state index in [2.05, 4.69) is 10.6 Å². The van der Waals surface area contributed by atoms with Crippen molar-refractivity contribution in [3.8, 4) is 0 Å². The Morgan fingerprint density at radius 2 is 1.79 bits per heavy atom. The van der Waals surface area contributed by atoms with Gasteiger partial charge in [-0.2, -0.15) is 0 Å². The topological polar surface area (TPSA) is 61.4 Å². The van der Waals surface area contributed by atoms with Crippen LogP contribution in [0.4, 0.5) is 5.69 Å². The molecule has 2 amide bonds. The van der Waals surface area contributed by atoms with Crippen molar-refractivity contribution < 1.29 is 9.59 Å². The number of nitrogens with one attached hydrogen (secondary N) is 2. The molecule has 0 radical (unpaired) electrons. The summed E-state index contributed by atoms with van der Waals surface area (Å²) >= 11 is 0. The number of carbonyl (C=O) groups excluding carboxylic acids is 2. The molecule has 0 bridgehead atoms. The third-order valence-corrected chi connectivity index (χ3v) is 2.93. The third-order valence-electron chi connectivity index (χ3n) is 2.93. The van der Waals surface area contributed by atoms with Crippen molar-refractivity contribution in [2.75, 3.05) is 26.0 Å². The molecule has 0 aliphatic rings. The van der Waals surface area contributed by atoms with Gasteiger partial charge >= 0.3 is 0 Å². The molecule has 0 heterocycles. The second kappa shape index (κ2) is 6.89. The van der Waals surface area contributed by atoms with Gasteiger partial charge in [-0.15, -0.1) is 0 Å². The van der Waals surface area contributed by atoms with Crippen LogP contribution >= 0.6 is 0 Å². The molecular formula is C14H21N3O2. The second-order valence-corrected chi connectivity index (χ2v) is 4.71. The number of benzene rings is 1. The highest BCUT2D eigenvalue weighted by atomic mass is 16.2. The molecule has 104 valence electrons. The van der Waals surface area contributed by atoms with Crippen LogP contribution in [-0.2, 0) is 4.79 Å². The Labute approximate surface area is 114 Å². The molecule has 1 aromatic carbocycles. The van der Waals surface area contributed by atoms with Gasteiger partial charge in [-0.3, -0.25) is 14.5 Å². The van der Waals surface area contributed by atoms with E-state index >= 15 is 0 Å². The van der Waals surface area contributed by atoms with E-state index in [-0.39, 0.29) is 11.8 Å². The van der Waals surface area contributed by atoms with E-state index in [1.54, 1.807) is 31.3 Å². The van der Waals surface area contributed by atoms with Gasteiger partial charge in [0.05, 0.1) is 6.54 Å². The highest BCUT2D eigenvalue weighted by Crippen LogP contribution is 2.09. The van der Waals surface area contributed by atoms with E-state index in [0.29, 0.717) is 23.8 Å².